The van der Waals surface area contributed by atoms with Gasteiger partial charge in [-0.1, -0.05) is 0 Å². The van der Waals surface area contributed by atoms with Gasteiger partial charge in [0.1, 0.15) is 6.54 Å². The standard InChI is InChI=1S/C14H19N3O4.ClH/c1-15-13(18)20-11-6-9-4-5-17(3)8-10(9)7-12(11)21-14(19)16-2;/h6-7H,4-5,8H2,1-3H3,(H,15,18)(H,16,19);1H. The van der Waals surface area contributed by atoms with Crippen molar-refractivity contribution in [3.8, 4) is 11.5 Å². The molecule has 0 fully saturated rings. The highest BCUT2D eigenvalue weighted by atomic mass is 35.5. The summed E-state index contributed by atoms with van der Waals surface area (Å²) in [6.07, 6.45) is -0.311. The van der Waals surface area contributed by atoms with E-state index in [4.69, 9.17) is 9.47 Å². The number of carbonyl (C=O) groups excluding carboxylic acids is 2. The Kier molecular flexibility index (Phi) is 6.45. The van der Waals surface area contributed by atoms with Crippen LogP contribution in [0.1, 0.15) is 11.1 Å². The molecule has 3 N–H and O–H groups in total. The lowest BCUT2D eigenvalue weighted by molar-refractivity contribution is -0.895. The average molecular weight is 330 g/mol. The molecule has 1 aliphatic heterocycles. The average Bonchev–Trinajstić information content (AvgIpc) is 2.47. The van der Waals surface area contributed by atoms with Crippen molar-refractivity contribution >= 4 is 12.2 Å². The smallest absolute Gasteiger partial charge is 0.412 e. The van der Waals surface area contributed by atoms with E-state index in [0.29, 0.717) is 0 Å². The quantitative estimate of drug-likeness (QED) is 0.531. The van der Waals surface area contributed by atoms with E-state index in [1.807, 2.05) is 0 Å². The summed E-state index contributed by atoms with van der Waals surface area (Å²) in [5, 5.41) is 4.75. The molecule has 7 nitrogen and oxygen atoms in total. The lowest BCUT2D eigenvalue weighted by Crippen LogP contribution is -3.08. The molecule has 2 rings (SSSR count). The van der Waals surface area contributed by atoms with Crippen molar-refractivity contribution in [1.82, 2.24) is 10.6 Å². The van der Waals surface area contributed by atoms with Crippen LogP contribution in [0.3, 0.4) is 0 Å². The van der Waals surface area contributed by atoms with E-state index in [1.54, 1.807) is 12.1 Å². The van der Waals surface area contributed by atoms with E-state index >= 15 is 0 Å². The van der Waals surface area contributed by atoms with Gasteiger partial charge in [-0.05, 0) is 17.7 Å². The Morgan fingerprint density at radius 3 is 2.05 bits per heavy atom. The summed E-state index contributed by atoms with van der Waals surface area (Å²) in [5.74, 6) is 0.489. The summed E-state index contributed by atoms with van der Waals surface area (Å²) >= 11 is 0. The zero-order chi connectivity index (χ0) is 15.4. The van der Waals surface area contributed by atoms with Crippen LogP contribution in [0.15, 0.2) is 12.1 Å². The maximum atomic E-state index is 11.4. The fourth-order valence-corrected chi connectivity index (χ4v) is 2.26. The fraction of sp³-hybridized carbons (Fsp3) is 0.429. The topological polar surface area (TPSA) is 81.1 Å². The monoisotopic (exact) mass is 329 g/mol. The maximum absolute atomic E-state index is 11.4. The third-order valence-electron chi connectivity index (χ3n) is 3.39. The Hall–Kier alpha value is -1.99. The van der Waals surface area contributed by atoms with Crippen molar-refractivity contribution < 1.29 is 36.4 Å². The van der Waals surface area contributed by atoms with Crippen molar-refractivity contribution in [2.24, 2.45) is 0 Å². The maximum Gasteiger partial charge on any atom is 0.412 e. The molecular weight excluding hydrogens is 310 g/mol. The first kappa shape index (κ1) is 18.1. The van der Waals surface area contributed by atoms with Crippen molar-refractivity contribution in [2.75, 3.05) is 27.7 Å². The van der Waals surface area contributed by atoms with Gasteiger partial charge in [0.25, 0.3) is 0 Å². The van der Waals surface area contributed by atoms with Gasteiger partial charge in [-0.3, -0.25) is 0 Å². The molecule has 122 valence electrons. The van der Waals surface area contributed by atoms with E-state index in [2.05, 4.69) is 17.7 Å². The molecule has 0 spiro atoms. The van der Waals surface area contributed by atoms with Crippen LogP contribution in [0.2, 0.25) is 0 Å². The number of halogens is 1. The highest BCUT2D eigenvalue weighted by molar-refractivity contribution is 5.74. The van der Waals surface area contributed by atoms with Gasteiger partial charge in [-0.15, -0.1) is 0 Å². The predicted octanol–water partition coefficient (Wildman–Crippen LogP) is -3.30. The van der Waals surface area contributed by atoms with Crippen molar-refractivity contribution in [3.05, 3.63) is 23.3 Å². The van der Waals surface area contributed by atoms with Crippen molar-refractivity contribution in [3.63, 3.8) is 0 Å². The lowest BCUT2D eigenvalue weighted by Gasteiger charge is -2.23. The molecule has 0 radical (unpaired) electrons. The van der Waals surface area contributed by atoms with Crippen LogP contribution in [-0.2, 0) is 13.0 Å². The van der Waals surface area contributed by atoms with E-state index in [9.17, 15) is 9.59 Å². The van der Waals surface area contributed by atoms with E-state index in [0.717, 1.165) is 30.6 Å². The van der Waals surface area contributed by atoms with Gasteiger partial charge in [0.05, 0.1) is 13.6 Å². The molecule has 0 saturated heterocycles. The van der Waals surface area contributed by atoms with Crippen LogP contribution in [-0.4, -0.2) is 39.9 Å². The lowest BCUT2D eigenvalue weighted by atomic mass is 9.99. The predicted molar refractivity (Wildman–Crippen MR) is 75.8 cm³/mol. The zero-order valence-corrected chi connectivity index (χ0v) is 13.5. The summed E-state index contributed by atoms with van der Waals surface area (Å²) in [6.45, 7) is 1.86. The van der Waals surface area contributed by atoms with Crippen LogP contribution < -0.4 is 37.4 Å². The van der Waals surface area contributed by atoms with Gasteiger partial charge < -0.3 is 37.4 Å². The molecule has 1 aromatic rings. The normalized spacial score (nSPS) is 15.9. The highest BCUT2D eigenvalue weighted by Crippen LogP contribution is 2.32. The Bertz CT molecular complexity index is 565. The van der Waals surface area contributed by atoms with Crippen LogP contribution >= 0.6 is 0 Å². The van der Waals surface area contributed by atoms with Crippen LogP contribution in [0.4, 0.5) is 9.59 Å². The molecule has 1 atom stereocenters. The number of carbonyl (C=O) groups is 2. The van der Waals surface area contributed by atoms with Gasteiger partial charge in [-0.25, -0.2) is 9.59 Å². The third kappa shape index (κ3) is 4.25. The van der Waals surface area contributed by atoms with Crippen LogP contribution in [0, 0.1) is 0 Å². The van der Waals surface area contributed by atoms with Crippen LogP contribution in [0.5, 0.6) is 11.5 Å². The Morgan fingerprint density at radius 1 is 1.05 bits per heavy atom. The first-order chi connectivity index (χ1) is 10.0. The Morgan fingerprint density at radius 2 is 1.55 bits per heavy atom. The number of fused-ring (bicyclic) bond motifs is 1. The van der Waals surface area contributed by atoms with Gasteiger partial charge in [0.15, 0.2) is 11.5 Å². The summed E-state index contributed by atoms with van der Waals surface area (Å²) in [5.41, 5.74) is 2.21. The van der Waals surface area contributed by atoms with Gasteiger partial charge in [-0.2, -0.15) is 0 Å². The molecule has 0 aromatic heterocycles. The zero-order valence-electron chi connectivity index (χ0n) is 12.8. The van der Waals surface area contributed by atoms with Gasteiger partial charge >= 0.3 is 12.2 Å². The molecule has 1 unspecified atom stereocenters. The minimum absolute atomic E-state index is 0. The summed E-state index contributed by atoms with van der Waals surface area (Å²) < 4.78 is 10.3. The minimum Gasteiger partial charge on any atom is -1.00 e. The molecule has 22 heavy (non-hydrogen) atoms. The number of hydrogen-bond acceptors (Lipinski definition) is 4. The minimum atomic E-state index is -0.604. The number of benzene rings is 1. The second-order valence-corrected chi connectivity index (χ2v) is 4.98. The second kappa shape index (κ2) is 7.86. The molecule has 0 bridgehead atoms. The second-order valence-electron chi connectivity index (χ2n) is 4.98. The molecule has 0 saturated carbocycles. The first-order valence-electron chi connectivity index (χ1n) is 6.79. The summed E-state index contributed by atoms with van der Waals surface area (Å²) in [7, 11) is 5.05. The van der Waals surface area contributed by atoms with E-state index in [1.165, 1.54) is 19.0 Å². The number of hydrogen-bond donors (Lipinski definition) is 3. The molecule has 2 amide bonds. The summed E-state index contributed by atoms with van der Waals surface area (Å²) in [4.78, 5) is 24.2. The molecular formula is C14H20ClN3O4. The first-order valence-corrected chi connectivity index (χ1v) is 6.79. The number of nitrogens with one attached hydrogen (secondary N) is 3. The Balaban J connectivity index is 0.00000242. The molecule has 8 heteroatoms. The fourth-order valence-electron chi connectivity index (χ4n) is 2.26. The summed E-state index contributed by atoms with van der Waals surface area (Å²) in [6, 6.07) is 3.54. The number of quaternary nitrogens is 1. The molecule has 1 heterocycles. The van der Waals surface area contributed by atoms with E-state index in [-0.39, 0.29) is 23.9 Å². The van der Waals surface area contributed by atoms with Crippen LogP contribution in [0.25, 0.3) is 0 Å². The Labute approximate surface area is 135 Å². The molecule has 1 aliphatic rings. The number of rotatable bonds is 2. The number of likely N-dealkylation sites (N-methyl/N-ethyl adjacent to an activating group) is 1. The SMILES string of the molecule is CNC(=O)Oc1cc2c(cc1OC(=O)NC)C[NH+](C)CC2.[Cl-]. The van der Waals surface area contributed by atoms with Crippen molar-refractivity contribution in [2.45, 2.75) is 13.0 Å². The molecule has 0 aliphatic carbocycles. The third-order valence-corrected chi connectivity index (χ3v) is 3.39. The highest BCUT2D eigenvalue weighted by Gasteiger charge is 2.22. The van der Waals surface area contributed by atoms with Gasteiger partial charge in [0.2, 0.25) is 0 Å². The molecule has 1 aromatic carbocycles. The number of ether oxygens (including phenoxy) is 2. The van der Waals surface area contributed by atoms with E-state index < -0.39 is 12.2 Å². The largest absolute Gasteiger partial charge is 1.00 e. The van der Waals surface area contributed by atoms with Crippen molar-refractivity contribution in [1.29, 1.82) is 0 Å². The van der Waals surface area contributed by atoms with Gasteiger partial charge in [0, 0.05) is 26.1 Å². The number of amides is 2.